The normalized spacial score (nSPS) is 14.5. The average Bonchev–Trinajstić information content (AvgIpc) is 2.77. The van der Waals surface area contributed by atoms with E-state index in [0.717, 1.165) is 0 Å². The Morgan fingerprint density at radius 3 is 1.07 bits per heavy atom. The first-order chi connectivity index (χ1) is 14.3. The van der Waals surface area contributed by atoms with Gasteiger partial charge in [0.25, 0.3) is 0 Å². The van der Waals surface area contributed by atoms with E-state index >= 15 is 0 Å². The van der Waals surface area contributed by atoms with Crippen LogP contribution in [0.3, 0.4) is 0 Å². The Bertz CT molecular complexity index is 1310. The maximum Gasteiger partial charge on any atom is 0.211 e. The van der Waals surface area contributed by atoms with Gasteiger partial charge in [0, 0.05) is 11.1 Å². The fourth-order valence-electron chi connectivity index (χ4n) is 3.25. The molecule has 6 nitrogen and oxygen atoms in total. The number of ketones is 2. The molecule has 0 amide bonds. The third-order valence-electron chi connectivity index (χ3n) is 4.68. The Hall–Kier alpha value is -3.36. The van der Waals surface area contributed by atoms with Gasteiger partial charge in [-0.3, -0.25) is 9.59 Å². The molecule has 1 aliphatic carbocycles. The number of benzene rings is 3. The van der Waals surface area contributed by atoms with Gasteiger partial charge in [-0.2, -0.15) is 0 Å². The van der Waals surface area contributed by atoms with E-state index in [1.54, 1.807) is 12.1 Å². The van der Waals surface area contributed by atoms with Crippen molar-refractivity contribution < 1.29 is 26.4 Å². The summed E-state index contributed by atoms with van der Waals surface area (Å²) in [6.07, 6.45) is 0. The number of carbonyl (C=O) groups excluding carboxylic acids is 2. The first-order valence-corrected chi connectivity index (χ1v) is 11.8. The minimum atomic E-state index is -4.60. The molecule has 0 fully saturated rings. The molecule has 0 aromatic heterocycles. The summed E-state index contributed by atoms with van der Waals surface area (Å²) in [7, 11) is -9.19. The lowest BCUT2D eigenvalue weighted by Crippen LogP contribution is -2.30. The fourth-order valence-corrected chi connectivity index (χ4v) is 6.80. The predicted octanol–water partition coefficient (Wildman–Crippen LogP) is 3.23. The summed E-state index contributed by atoms with van der Waals surface area (Å²) in [5, 5.41) is 0. The van der Waals surface area contributed by atoms with Crippen molar-refractivity contribution in [3.8, 4) is 0 Å². The van der Waals surface area contributed by atoms with E-state index in [1.807, 2.05) is 0 Å². The molecule has 8 heteroatoms. The smallest absolute Gasteiger partial charge is 0.211 e. The van der Waals surface area contributed by atoms with Crippen molar-refractivity contribution in [2.45, 2.75) is 9.79 Å². The van der Waals surface area contributed by atoms with E-state index in [1.165, 1.54) is 72.8 Å². The second-order valence-electron chi connectivity index (χ2n) is 6.50. The first-order valence-electron chi connectivity index (χ1n) is 8.79. The molecule has 1 aliphatic rings. The summed E-state index contributed by atoms with van der Waals surface area (Å²) >= 11 is 0. The topological polar surface area (TPSA) is 102 Å². The van der Waals surface area contributed by atoms with Crippen LogP contribution in [0.2, 0.25) is 0 Å². The Kier molecular flexibility index (Phi) is 4.76. The molecule has 0 radical (unpaired) electrons. The van der Waals surface area contributed by atoms with Crippen molar-refractivity contribution in [2.24, 2.45) is 0 Å². The van der Waals surface area contributed by atoms with Gasteiger partial charge in [-0.25, -0.2) is 16.8 Å². The largest absolute Gasteiger partial charge is 0.288 e. The maximum absolute atomic E-state index is 13.3. The molecular weight excluding hydrogens is 424 g/mol. The molecular formula is C22H14O6S2. The maximum atomic E-state index is 13.3. The lowest BCUT2D eigenvalue weighted by molar-refractivity contribution is 0.0986. The zero-order chi connectivity index (χ0) is 21.5. The van der Waals surface area contributed by atoms with Crippen LogP contribution in [-0.2, 0) is 19.7 Å². The quantitative estimate of drug-likeness (QED) is 0.620. The van der Waals surface area contributed by atoms with Gasteiger partial charge < -0.3 is 0 Å². The zero-order valence-corrected chi connectivity index (χ0v) is 17.0. The lowest BCUT2D eigenvalue weighted by Gasteiger charge is -2.21. The van der Waals surface area contributed by atoms with Crippen LogP contribution in [0.5, 0.6) is 0 Å². The average molecular weight is 438 g/mol. The van der Waals surface area contributed by atoms with Crippen molar-refractivity contribution in [1.82, 2.24) is 0 Å². The highest BCUT2D eigenvalue weighted by molar-refractivity contribution is 8.00. The van der Waals surface area contributed by atoms with Crippen molar-refractivity contribution in [3.05, 3.63) is 106 Å². The molecule has 3 aromatic carbocycles. The summed E-state index contributed by atoms with van der Waals surface area (Å²) < 4.78 is 53.4. The molecule has 0 aliphatic heterocycles. The number of sulfone groups is 2. The molecule has 3 aromatic rings. The third-order valence-corrected chi connectivity index (χ3v) is 8.45. The van der Waals surface area contributed by atoms with Crippen molar-refractivity contribution in [1.29, 1.82) is 0 Å². The molecule has 4 rings (SSSR count). The standard InChI is InChI=1S/C22H14O6S2/c23-19-17-13-7-8-14-18(17)20(24)22(30(27,28)16-11-5-2-6-12-16)21(19)29(25,26)15-9-3-1-4-10-15/h1-14H. The van der Waals surface area contributed by atoms with E-state index < -0.39 is 41.1 Å². The summed E-state index contributed by atoms with van der Waals surface area (Å²) in [6.45, 7) is 0. The van der Waals surface area contributed by atoms with Crippen molar-refractivity contribution >= 4 is 31.2 Å². The van der Waals surface area contributed by atoms with Crippen LogP contribution in [0.4, 0.5) is 0 Å². The molecule has 0 atom stereocenters. The number of hydrogen-bond donors (Lipinski definition) is 0. The minimum absolute atomic E-state index is 0.149. The van der Waals surface area contributed by atoms with Gasteiger partial charge in [-0.05, 0) is 24.3 Å². The summed E-state index contributed by atoms with van der Waals surface area (Å²) in [5.41, 5.74) is -0.298. The van der Waals surface area contributed by atoms with Crippen LogP contribution in [-0.4, -0.2) is 28.4 Å². The van der Waals surface area contributed by atoms with Crippen molar-refractivity contribution in [3.63, 3.8) is 0 Å². The monoisotopic (exact) mass is 438 g/mol. The second kappa shape index (κ2) is 7.16. The molecule has 0 bridgehead atoms. The van der Waals surface area contributed by atoms with Crippen LogP contribution in [0.1, 0.15) is 20.7 Å². The minimum Gasteiger partial charge on any atom is -0.288 e. The fraction of sp³-hybridized carbons (Fsp3) is 0. The molecule has 0 N–H and O–H groups in total. The first kappa shape index (κ1) is 19.9. The predicted molar refractivity (Wildman–Crippen MR) is 109 cm³/mol. The highest BCUT2D eigenvalue weighted by Gasteiger charge is 2.45. The molecule has 0 heterocycles. The van der Waals surface area contributed by atoms with Gasteiger partial charge in [0.1, 0.15) is 9.81 Å². The van der Waals surface area contributed by atoms with Gasteiger partial charge >= 0.3 is 0 Å². The van der Waals surface area contributed by atoms with Crippen LogP contribution >= 0.6 is 0 Å². The second-order valence-corrected chi connectivity index (χ2v) is 10.3. The number of Topliss-reactive ketones (excluding diaryl/α,β-unsaturated/α-hetero) is 2. The molecule has 0 saturated carbocycles. The van der Waals surface area contributed by atoms with Gasteiger partial charge in [-0.15, -0.1) is 0 Å². The van der Waals surface area contributed by atoms with Gasteiger partial charge in [0.2, 0.25) is 31.2 Å². The number of carbonyl (C=O) groups is 2. The van der Waals surface area contributed by atoms with E-state index in [2.05, 4.69) is 0 Å². The van der Waals surface area contributed by atoms with Gasteiger partial charge in [-0.1, -0.05) is 60.7 Å². The highest BCUT2D eigenvalue weighted by atomic mass is 32.2. The molecule has 0 spiro atoms. The lowest BCUT2D eigenvalue weighted by atomic mass is 9.94. The number of rotatable bonds is 4. The summed E-state index contributed by atoms with van der Waals surface area (Å²) in [5.74, 6) is -2.05. The summed E-state index contributed by atoms with van der Waals surface area (Å²) in [6, 6.07) is 19.5. The van der Waals surface area contributed by atoms with Crippen LogP contribution in [0, 0.1) is 0 Å². The van der Waals surface area contributed by atoms with Crippen LogP contribution in [0.25, 0.3) is 0 Å². The third kappa shape index (κ3) is 3.01. The highest BCUT2D eigenvalue weighted by Crippen LogP contribution is 2.37. The molecule has 30 heavy (non-hydrogen) atoms. The van der Waals surface area contributed by atoms with E-state index in [-0.39, 0.29) is 20.9 Å². The number of fused-ring (bicyclic) bond motifs is 1. The van der Waals surface area contributed by atoms with E-state index in [4.69, 9.17) is 0 Å². The SMILES string of the molecule is O=C1C(S(=O)(=O)c2ccccc2)=C(S(=O)(=O)c2ccccc2)C(=O)c2ccccc21. The zero-order valence-electron chi connectivity index (χ0n) is 15.3. The Morgan fingerprint density at radius 1 is 0.433 bits per heavy atom. The molecule has 150 valence electrons. The molecule has 0 saturated heterocycles. The number of allylic oxidation sites excluding steroid dienone is 2. The molecule has 0 unspecified atom stereocenters. The van der Waals surface area contributed by atoms with Gasteiger partial charge in [0.15, 0.2) is 0 Å². The van der Waals surface area contributed by atoms with Crippen LogP contribution < -0.4 is 0 Å². The number of hydrogen-bond acceptors (Lipinski definition) is 6. The Morgan fingerprint density at radius 2 is 0.733 bits per heavy atom. The van der Waals surface area contributed by atoms with Gasteiger partial charge in [0.05, 0.1) is 9.79 Å². The Labute approximate surface area is 173 Å². The summed E-state index contributed by atoms with van der Waals surface area (Å²) in [4.78, 5) is 23.8. The van der Waals surface area contributed by atoms with E-state index in [9.17, 15) is 26.4 Å². The van der Waals surface area contributed by atoms with Crippen LogP contribution in [0.15, 0.2) is 105 Å². The van der Waals surface area contributed by atoms with Crippen molar-refractivity contribution in [2.75, 3.05) is 0 Å². The Balaban J connectivity index is 2.11. The van der Waals surface area contributed by atoms with E-state index in [0.29, 0.717) is 0 Å².